The molecular formula is C16H35N3O. The first kappa shape index (κ1) is 17.9. The van der Waals surface area contributed by atoms with Crippen molar-refractivity contribution in [1.29, 1.82) is 0 Å². The lowest BCUT2D eigenvalue weighted by Crippen LogP contribution is -2.39. The average Bonchev–Trinajstić information content (AvgIpc) is 2.60. The van der Waals surface area contributed by atoms with Crippen LogP contribution in [0.25, 0.3) is 0 Å². The second kappa shape index (κ2) is 8.98. The second-order valence-electron chi connectivity index (χ2n) is 6.83. The third-order valence-electron chi connectivity index (χ3n) is 4.05. The normalized spacial score (nSPS) is 20.9. The Morgan fingerprint density at radius 3 is 2.50 bits per heavy atom. The summed E-state index contributed by atoms with van der Waals surface area (Å²) in [7, 11) is 0. The monoisotopic (exact) mass is 285 g/mol. The molecule has 0 aromatic carbocycles. The predicted octanol–water partition coefficient (Wildman–Crippen LogP) is 1.94. The van der Waals surface area contributed by atoms with E-state index in [0.717, 1.165) is 32.7 Å². The van der Waals surface area contributed by atoms with E-state index in [1.807, 2.05) is 0 Å². The molecule has 0 amide bonds. The minimum atomic E-state index is -0.0215. The van der Waals surface area contributed by atoms with Crippen LogP contribution in [0.3, 0.4) is 0 Å². The molecule has 0 spiro atoms. The first-order chi connectivity index (χ1) is 9.46. The molecule has 0 aromatic heterocycles. The van der Waals surface area contributed by atoms with E-state index >= 15 is 0 Å². The number of hydrogen-bond acceptors (Lipinski definition) is 4. The Morgan fingerprint density at radius 2 is 1.90 bits per heavy atom. The molecule has 4 nitrogen and oxygen atoms in total. The standard InChI is InChI=1S/C16H35N3O/c1-5-15(7-8-17)19-10-6-9-18(11-12-19)13-14-20-16(2,3)4/h15H,5-14,17H2,1-4H3. The summed E-state index contributed by atoms with van der Waals surface area (Å²) in [4.78, 5) is 5.18. The molecule has 1 fully saturated rings. The molecule has 1 heterocycles. The maximum atomic E-state index is 5.84. The Bertz CT molecular complexity index is 253. The van der Waals surface area contributed by atoms with Gasteiger partial charge in [-0.05, 0) is 59.7 Å². The van der Waals surface area contributed by atoms with Gasteiger partial charge in [0.25, 0.3) is 0 Å². The van der Waals surface area contributed by atoms with Crippen molar-refractivity contribution in [2.75, 3.05) is 45.9 Å². The van der Waals surface area contributed by atoms with Crippen LogP contribution in [-0.4, -0.2) is 67.3 Å². The number of rotatable bonds is 7. The van der Waals surface area contributed by atoms with Crippen LogP contribution in [0.4, 0.5) is 0 Å². The minimum Gasteiger partial charge on any atom is -0.375 e. The van der Waals surface area contributed by atoms with Crippen LogP contribution in [0, 0.1) is 0 Å². The Labute approximate surface area is 125 Å². The lowest BCUT2D eigenvalue weighted by molar-refractivity contribution is -0.0127. The summed E-state index contributed by atoms with van der Waals surface area (Å²) in [5.74, 6) is 0. The van der Waals surface area contributed by atoms with Gasteiger partial charge in [-0.1, -0.05) is 6.92 Å². The fourth-order valence-corrected chi connectivity index (χ4v) is 2.90. The maximum absolute atomic E-state index is 5.84. The molecule has 20 heavy (non-hydrogen) atoms. The van der Waals surface area contributed by atoms with Crippen molar-refractivity contribution >= 4 is 0 Å². The van der Waals surface area contributed by atoms with Crippen LogP contribution in [0.15, 0.2) is 0 Å². The van der Waals surface area contributed by atoms with E-state index in [1.165, 1.54) is 32.5 Å². The Hall–Kier alpha value is -0.160. The lowest BCUT2D eigenvalue weighted by atomic mass is 10.1. The van der Waals surface area contributed by atoms with Crippen LogP contribution in [-0.2, 0) is 4.74 Å². The summed E-state index contributed by atoms with van der Waals surface area (Å²) in [5, 5.41) is 0. The summed E-state index contributed by atoms with van der Waals surface area (Å²) in [6.07, 6.45) is 3.60. The van der Waals surface area contributed by atoms with Gasteiger partial charge in [-0.2, -0.15) is 0 Å². The SMILES string of the molecule is CCC(CCN)N1CCCN(CCOC(C)(C)C)CC1. The highest BCUT2D eigenvalue weighted by Crippen LogP contribution is 2.13. The largest absolute Gasteiger partial charge is 0.375 e. The van der Waals surface area contributed by atoms with Gasteiger partial charge < -0.3 is 10.5 Å². The Balaban J connectivity index is 2.31. The summed E-state index contributed by atoms with van der Waals surface area (Å²) in [6.45, 7) is 16.1. The van der Waals surface area contributed by atoms with Crippen LogP contribution in [0.5, 0.6) is 0 Å². The van der Waals surface area contributed by atoms with Crippen LogP contribution >= 0.6 is 0 Å². The second-order valence-corrected chi connectivity index (χ2v) is 6.83. The highest BCUT2D eigenvalue weighted by Gasteiger charge is 2.20. The van der Waals surface area contributed by atoms with Crippen molar-refractivity contribution in [2.24, 2.45) is 5.73 Å². The predicted molar refractivity (Wildman–Crippen MR) is 86.1 cm³/mol. The van der Waals surface area contributed by atoms with Gasteiger partial charge in [-0.25, -0.2) is 0 Å². The number of ether oxygens (including phenoxy) is 1. The third-order valence-corrected chi connectivity index (χ3v) is 4.05. The maximum Gasteiger partial charge on any atom is 0.0600 e. The van der Waals surface area contributed by atoms with E-state index in [9.17, 15) is 0 Å². The van der Waals surface area contributed by atoms with E-state index in [0.29, 0.717) is 6.04 Å². The van der Waals surface area contributed by atoms with Crippen molar-refractivity contribution in [3.05, 3.63) is 0 Å². The van der Waals surface area contributed by atoms with Gasteiger partial charge in [0.2, 0.25) is 0 Å². The fourth-order valence-electron chi connectivity index (χ4n) is 2.90. The molecule has 4 heteroatoms. The van der Waals surface area contributed by atoms with Gasteiger partial charge in [0, 0.05) is 25.7 Å². The summed E-state index contributed by atoms with van der Waals surface area (Å²) >= 11 is 0. The zero-order valence-electron chi connectivity index (χ0n) is 14.0. The molecule has 1 rings (SSSR count). The molecular weight excluding hydrogens is 250 g/mol. The molecule has 1 aliphatic heterocycles. The Morgan fingerprint density at radius 1 is 1.15 bits per heavy atom. The quantitative estimate of drug-likeness (QED) is 0.776. The molecule has 1 saturated heterocycles. The number of nitrogens with two attached hydrogens (primary N) is 1. The van der Waals surface area contributed by atoms with Gasteiger partial charge in [0.15, 0.2) is 0 Å². The molecule has 1 aliphatic rings. The zero-order chi connectivity index (χ0) is 15.0. The smallest absolute Gasteiger partial charge is 0.0600 e. The van der Waals surface area contributed by atoms with E-state index in [1.54, 1.807) is 0 Å². The van der Waals surface area contributed by atoms with E-state index in [-0.39, 0.29) is 5.60 Å². The first-order valence-electron chi connectivity index (χ1n) is 8.26. The van der Waals surface area contributed by atoms with Gasteiger partial charge in [-0.3, -0.25) is 9.80 Å². The molecule has 0 aromatic rings. The van der Waals surface area contributed by atoms with Gasteiger partial charge >= 0.3 is 0 Å². The zero-order valence-corrected chi connectivity index (χ0v) is 14.0. The molecule has 120 valence electrons. The highest BCUT2D eigenvalue weighted by atomic mass is 16.5. The van der Waals surface area contributed by atoms with E-state index in [2.05, 4.69) is 37.5 Å². The first-order valence-corrected chi connectivity index (χ1v) is 8.26. The van der Waals surface area contributed by atoms with Crippen molar-refractivity contribution in [1.82, 2.24) is 9.80 Å². The topological polar surface area (TPSA) is 41.7 Å². The van der Waals surface area contributed by atoms with Gasteiger partial charge in [0.1, 0.15) is 0 Å². The lowest BCUT2D eigenvalue weighted by Gasteiger charge is -2.30. The fraction of sp³-hybridized carbons (Fsp3) is 1.00. The van der Waals surface area contributed by atoms with Crippen LogP contribution < -0.4 is 5.73 Å². The molecule has 1 atom stereocenters. The molecule has 0 aliphatic carbocycles. The van der Waals surface area contributed by atoms with Crippen molar-refractivity contribution in [2.45, 2.75) is 58.6 Å². The molecule has 0 bridgehead atoms. The van der Waals surface area contributed by atoms with Gasteiger partial charge in [-0.15, -0.1) is 0 Å². The molecule has 0 radical (unpaired) electrons. The number of nitrogens with zero attached hydrogens (tertiary/aromatic N) is 2. The average molecular weight is 285 g/mol. The van der Waals surface area contributed by atoms with Crippen molar-refractivity contribution in [3.8, 4) is 0 Å². The summed E-state index contributed by atoms with van der Waals surface area (Å²) in [5.41, 5.74) is 5.71. The highest BCUT2D eigenvalue weighted by molar-refractivity contribution is 4.76. The Kier molecular flexibility index (Phi) is 8.03. The molecule has 0 saturated carbocycles. The number of hydrogen-bond donors (Lipinski definition) is 1. The van der Waals surface area contributed by atoms with Crippen LogP contribution in [0.1, 0.15) is 47.0 Å². The molecule has 1 unspecified atom stereocenters. The van der Waals surface area contributed by atoms with Crippen molar-refractivity contribution in [3.63, 3.8) is 0 Å². The van der Waals surface area contributed by atoms with E-state index < -0.39 is 0 Å². The summed E-state index contributed by atoms with van der Waals surface area (Å²) < 4.78 is 5.84. The third kappa shape index (κ3) is 7.02. The minimum absolute atomic E-state index is 0.0215. The molecule has 2 N–H and O–H groups in total. The van der Waals surface area contributed by atoms with Crippen LogP contribution in [0.2, 0.25) is 0 Å². The van der Waals surface area contributed by atoms with E-state index in [4.69, 9.17) is 10.5 Å². The van der Waals surface area contributed by atoms with Gasteiger partial charge in [0.05, 0.1) is 12.2 Å². The van der Waals surface area contributed by atoms with Crippen molar-refractivity contribution < 1.29 is 4.74 Å². The summed E-state index contributed by atoms with van der Waals surface area (Å²) in [6, 6.07) is 0.672.